The zero-order chi connectivity index (χ0) is 18.9. The molecule has 0 atom stereocenters. The highest BCUT2D eigenvalue weighted by Gasteiger charge is 2.14. The van der Waals surface area contributed by atoms with E-state index in [0.717, 1.165) is 24.1 Å². The van der Waals surface area contributed by atoms with Crippen LogP contribution in [0.4, 0.5) is 5.69 Å². The number of ketones is 1. The van der Waals surface area contributed by atoms with Crippen LogP contribution in [-0.4, -0.2) is 17.9 Å². The fraction of sp³-hybridized carbons (Fsp3) is 0.273. The fourth-order valence-corrected chi connectivity index (χ4v) is 3.01. The van der Waals surface area contributed by atoms with Crippen LogP contribution in [0, 0.1) is 5.92 Å². The third-order valence-corrected chi connectivity index (χ3v) is 5.08. The highest BCUT2D eigenvalue weighted by Crippen LogP contribution is 2.17. The largest absolute Gasteiger partial charge is 0.326 e. The third kappa shape index (κ3) is 5.60. The van der Waals surface area contributed by atoms with Crippen molar-refractivity contribution in [3.05, 3.63) is 65.7 Å². The first-order chi connectivity index (χ1) is 12.6. The van der Waals surface area contributed by atoms with Gasteiger partial charge in [0.2, 0.25) is 5.91 Å². The van der Waals surface area contributed by atoms with Crippen molar-refractivity contribution >= 4 is 35.2 Å². The normalized spacial score (nSPS) is 11.1. The van der Waals surface area contributed by atoms with E-state index in [9.17, 15) is 9.59 Å². The molecule has 2 aromatic carbocycles. The molecule has 26 heavy (non-hydrogen) atoms. The van der Waals surface area contributed by atoms with E-state index in [1.807, 2.05) is 50.4 Å². The van der Waals surface area contributed by atoms with E-state index in [4.69, 9.17) is 0 Å². The van der Waals surface area contributed by atoms with Gasteiger partial charge in [0.1, 0.15) is 0 Å². The second-order valence-corrected chi connectivity index (χ2v) is 6.93. The third-order valence-electron chi connectivity index (χ3n) is 4.34. The first-order valence-corrected chi connectivity index (χ1v) is 10.1. The van der Waals surface area contributed by atoms with E-state index in [-0.39, 0.29) is 17.6 Å². The van der Waals surface area contributed by atoms with Gasteiger partial charge in [0.25, 0.3) is 0 Å². The molecule has 0 fully saturated rings. The zero-order valence-corrected chi connectivity index (χ0v) is 16.3. The van der Waals surface area contributed by atoms with Gasteiger partial charge >= 0.3 is 0 Å². The maximum Gasteiger partial charge on any atom is 0.227 e. The van der Waals surface area contributed by atoms with Gasteiger partial charge in [-0.2, -0.15) is 0 Å². The highest BCUT2D eigenvalue weighted by atomic mass is 32.2. The molecule has 3 nitrogen and oxygen atoms in total. The molecule has 0 aliphatic heterocycles. The number of nitrogens with one attached hydrogen (secondary N) is 1. The molecule has 0 unspecified atom stereocenters. The van der Waals surface area contributed by atoms with Crippen LogP contribution >= 0.6 is 11.8 Å². The number of hydrogen-bond donors (Lipinski definition) is 1. The van der Waals surface area contributed by atoms with Crippen LogP contribution in [0.5, 0.6) is 0 Å². The summed E-state index contributed by atoms with van der Waals surface area (Å²) in [5, 5.41) is 2.91. The summed E-state index contributed by atoms with van der Waals surface area (Å²) in [7, 11) is 0. The average Bonchev–Trinajstić information content (AvgIpc) is 2.68. The molecule has 0 heterocycles. The van der Waals surface area contributed by atoms with E-state index in [0.29, 0.717) is 5.56 Å². The van der Waals surface area contributed by atoms with Crippen molar-refractivity contribution in [2.24, 2.45) is 5.92 Å². The molecule has 0 aliphatic rings. The Labute approximate surface area is 159 Å². The standard InChI is InChI=1S/C22H25NO2S/c1-4-17(5-2)22(25)23-19-11-9-18(10-12-19)21(24)15-8-16-6-13-20(26-3)14-7-16/h6-15,17H,4-5H2,1-3H3,(H,23,25)/b15-8-. The lowest BCUT2D eigenvalue weighted by Gasteiger charge is -2.12. The van der Waals surface area contributed by atoms with Gasteiger partial charge < -0.3 is 5.32 Å². The van der Waals surface area contributed by atoms with Crippen molar-refractivity contribution in [1.82, 2.24) is 0 Å². The Hall–Kier alpha value is -2.33. The topological polar surface area (TPSA) is 46.2 Å². The molecule has 0 radical (unpaired) electrons. The lowest BCUT2D eigenvalue weighted by Crippen LogP contribution is -2.21. The number of allylic oxidation sites excluding steroid dienone is 1. The van der Waals surface area contributed by atoms with Crippen LogP contribution in [0.25, 0.3) is 6.08 Å². The molecule has 1 N–H and O–H groups in total. The maximum absolute atomic E-state index is 12.3. The lowest BCUT2D eigenvalue weighted by molar-refractivity contribution is -0.120. The summed E-state index contributed by atoms with van der Waals surface area (Å²) in [4.78, 5) is 25.6. The predicted molar refractivity (Wildman–Crippen MR) is 111 cm³/mol. The Morgan fingerprint density at radius 2 is 1.62 bits per heavy atom. The molecular weight excluding hydrogens is 342 g/mol. The number of amides is 1. The lowest BCUT2D eigenvalue weighted by atomic mass is 10.0. The summed E-state index contributed by atoms with van der Waals surface area (Å²) < 4.78 is 0. The molecule has 2 rings (SSSR count). The Morgan fingerprint density at radius 1 is 1.00 bits per heavy atom. The quantitative estimate of drug-likeness (QED) is 0.371. The van der Waals surface area contributed by atoms with E-state index in [2.05, 4.69) is 5.32 Å². The van der Waals surface area contributed by atoms with E-state index in [1.165, 1.54) is 4.90 Å². The highest BCUT2D eigenvalue weighted by molar-refractivity contribution is 7.98. The molecule has 0 aromatic heterocycles. The van der Waals surface area contributed by atoms with Crippen LogP contribution < -0.4 is 5.32 Å². The van der Waals surface area contributed by atoms with Crippen molar-refractivity contribution < 1.29 is 9.59 Å². The van der Waals surface area contributed by atoms with Crippen molar-refractivity contribution in [2.45, 2.75) is 31.6 Å². The Morgan fingerprint density at radius 3 is 2.15 bits per heavy atom. The summed E-state index contributed by atoms with van der Waals surface area (Å²) in [6.45, 7) is 4.02. The zero-order valence-electron chi connectivity index (χ0n) is 15.5. The molecule has 0 bridgehead atoms. The predicted octanol–water partition coefficient (Wildman–Crippen LogP) is 5.68. The first-order valence-electron chi connectivity index (χ1n) is 8.84. The number of rotatable bonds is 8. The van der Waals surface area contributed by atoms with Gasteiger partial charge in [-0.15, -0.1) is 11.8 Å². The monoisotopic (exact) mass is 367 g/mol. The average molecular weight is 368 g/mol. The number of benzene rings is 2. The second kappa shape index (κ2) is 9.97. The van der Waals surface area contributed by atoms with Gasteiger partial charge in [0.15, 0.2) is 5.78 Å². The summed E-state index contributed by atoms with van der Waals surface area (Å²) in [5.74, 6) is -0.00351. The van der Waals surface area contributed by atoms with Crippen LogP contribution in [0.1, 0.15) is 42.6 Å². The second-order valence-electron chi connectivity index (χ2n) is 6.05. The molecule has 0 saturated heterocycles. The Kier molecular flexibility index (Phi) is 7.67. The van der Waals surface area contributed by atoms with Crippen molar-refractivity contribution in [3.8, 4) is 0 Å². The minimum absolute atomic E-state index is 0.0248. The summed E-state index contributed by atoms with van der Waals surface area (Å²) in [6, 6.07) is 15.1. The number of carbonyl (C=O) groups excluding carboxylic acids is 2. The minimum atomic E-state index is -0.0585. The van der Waals surface area contributed by atoms with Gasteiger partial charge in [0, 0.05) is 22.1 Å². The number of thioether (sulfide) groups is 1. The smallest absolute Gasteiger partial charge is 0.227 e. The molecule has 1 amide bonds. The number of carbonyl (C=O) groups is 2. The van der Waals surface area contributed by atoms with Gasteiger partial charge in [-0.3, -0.25) is 9.59 Å². The molecular formula is C22H25NO2S. The van der Waals surface area contributed by atoms with Gasteiger partial charge in [-0.1, -0.05) is 32.1 Å². The van der Waals surface area contributed by atoms with Gasteiger partial charge in [-0.25, -0.2) is 0 Å². The summed E-state index contributed by atoms with van der Waals surface area (Å²) in [5.41, 5.74) is 2.31. The SMILES string of the molecule is CCC(CC)C(=O)Nc1ccc(C(=O)/C=C\c2ccc(SC)cc2)cc1. The molecule has 136 valence electrons. The maximum atomic E-state index is 12.3. The molecule has 0 saturated carbocycles. The number of hydrogen-bond acceptors (Lipinski definition) is 3. The van der Waals surface area contributed by atoms with E-state index in [1.54, 1.807) is 42.1 Å². The van der Waals surface area contributed by atoms with E-state index < -0.39 is 0 Å². The van der Waals surface area contributed by atoms with Crippen LogP contribution in [0.15, 0.2) is 59.5 Å². The molecule has 2 aromatic rings. The molecule has 4 heteroatoms. The van der Waals surface area contributed by atoms with Crippen molar-refractivity contribution in [3.63, 3.8) is 0 Å². The van der Waals surface area contributed by atoms with Gasteiger partial charge in [0.05, 0.1) is 0 Å². The fourth-order valence-electron chi connectivity index (χ4n) is 2.60. The Bertz CT molecular complexity index is 760. The van der Waals surface area contributed by atoms with Crippen LogP contribution in [-0.2, 0) is 4.79 Å². The first kappa shape index (κ1) is 20.0. The number of anilines is 1. The van der Waals surface area contributed by atoms with Gasteiger partial charge in [-0.05, 0) is 67.1 Å². The minimum Gasteiger partial charge on any atom is -0.326 e. The van der Waals surface area contributed by atoms with Crippen LogP contribution in [0.2, 0.25) is 0 Å². The molecule has 0 spiro atoms. The molecule has 0 aliphatic carbocycles. The summed E-state index contributed by atoms with van der Waals surface area (Å²) in [6.07, 6.45) is 7.06. The Balaban J connectivity index is 1.99. The van der Waals surface area contributed by atoms with Crippen molar-refractivity contribution in [2.75, 3.05) is 11.6 Å². The summed E-state index contributed by atoms with van der Waals surface area (Å²) >= 11 is 1.69. The van der Waals surface area contributed by atoms with E-state index >= 15 is 0 Å². The van der Waals surface area contributed by atoms with Crippen molar-refractivity contribution in [1.29, 1.82) is 0 Å². The van der Waals surface area contributed by atoms with Crippen LogP contribution in [0.3, 0.4) is 0 Å².